The number of nitrogens with two attached hydrogens (primary N) is 1. The second-order valence-electron chi connectivity index (χ2n) is 1.83. The minimum Gasteiger partial charge on any atom is -0.473 e. The normalized spacial score (nSPS) is 7.12. The number of carboxylic acids is 4. The predicted octanol–water partition coefficient (Wildman–Crippen LogP) is -2.24. The molecule has 0 bridgehead atoms. The number of carbonyl (C=O) groups is 4. The topological polar surface area (TPSA) is 187 Å². The van der Waals surface area contributed by atoms with Gasteiger partial charge in [0.25, 0.3) is 0 Å². The van der Waals surface area contributed by atoms with Gasteiger partial charge in [0, 0.05) is 7.05 Å². The molecule has 0 aromatic rings. The van der Waals surface area contributed by atoms with Crippen LogP contribution in [0, 0.1) is 0 Å². The first kappa shape index (κ1) is 20.0. The molecule has 98 valence electrons. The molecule has 0 spiro atoms. The van der Waals surface area contributed by atoms with Crippen molar-refractivity contribution in [2.75, 3.05) is 7.05 Å². The van der Waals surface area contributed by atoms with Crippen LogP contribution in [0.1, 0.15) is 0 Å². The Morgan fingerprint density at radius 1 is 0.882 bits per heavy atom. The third-order valence-corrected chi connectivity index (χ3v) is 0.816. The van der Waals surface area contributed by atoms with Gasteiger partial charge in [-0.15, -0.1) is 0 Å². The third-order valence-electron chi connectivity index (χ3n) is 0.612. The van der Waals surface area contributed by atoms with Crippen LogP contribution in [-0.2, 0) is 19.2 Å². The molecule has 0 unspecified atom stereocenters. The van der Waals surface area contributed by atoms with E-state index in [1.165, 1.54) is 0 Å². The van der Waals surface area contributed by atoms with Crippen LogP contribution in [0.2, 0.25) is 0 Å². The fourth-order valence-corrected chi connectivity index (χ4v) is 0. The molecule has 17 heavy (non-hydrogen) atoms. The van der Waals surface area contributed by atoms with Gasteiger partial charge in [-0.25, -0.2) is 19.2 Å². The number of hydrogen-bond donors (Lipinski definition) is 6. The zero-order valence-electron chi connectivity index (χ0n) is 8.41. The van der Waals surface area contributed by atoms with Gasteiger partial charge in [0.2, 0.25) is 0 Å². The summed E-state index contributed by atoms with van der Waals surface area (Å²) >= 11 is 4.36. The number of hydrogen-bond acceptors (Lipinski definition) is 5. The van der Waals surface area contributed by atoms with Crippen molar-refractivity contribution >= 4 is 41.2 Å². The molecule has 0 fully saturated rings. The van der Waals surface area contributed by atoms with Crippen LogP contribution in [0.3, 0.4) is 0 Å². The molecular weight excluding hydrogens is 260 g/mol. The Morgan fingerprint density at radius 2 is 1.00 bits per heavy atom. The van der Waals surface area contributed by atoms with Gasteiger partial charge in [0.15, 0.2) is 5.11 Å². The van der Waals surface area contributed by atoms with Crippen LogP contribution in [0.4, 0.5) is 0 Å². The maximum atomic E-state index is 9.10. The molecule has 0 radical (unpaired) electrons. The van der Waals surface area contributed by atoms with Crippen LogP contribution in [0.5, 0.6) is 0 Å². The van der Waals surface area contributed by atoms with Crippen molar-refractivity contribution in [3.63, 3.8) is 0 Å². The van der Waals surface area contributed by atoms with Crippen molar-refractivity contribution in [2.24, 2.45) is 5.73 Å². The van der Waals surface area contributed by atoms with Crippen molar-refractivity contribution in [1.82, 2.24) is 5.32 Å². The summed E-state index contributed by atoms with van der Waals surface area (Å²) in [6.07, 6.45) is 0. The first-order valence-corrected chi connectivity index (χ1v) is 3.86. The van der Waals surface area contributed by atoms with Gasteiger partial charge in [0.1, 0.15) is 0 Å². The van der Waals surface area contributed by atoms with E-state index in [0.29, 0.717) is 5.11 Å². The Labute approximate surface area is 99.6 Å². The first-order valence-electron chi connectivity index (χ1n) is 3.45. The second kappa shape index (κ2) is 11.6. The lowest BCUT2D eigenvalue weighted by Gasteiger charge is -1.85. The quantitative estimate of drug-likeness (QED) is 0.206. The molecule has 11 heteroatoms. The second-order valence-corrected chi connectivity index (χ2v) is 2.27. The summed E-state index contributed by atoms with van der Waals surface area (Å²) in [5.41, 5.74) is 4.91. The maximum Gasteiger partial charge on any atom is 0.414 e. The molecule has 0 aromatic carbocycles. The van der Waals surface area contributed by atoms with E-state index in [9.17, 15) is 0 Å². The smallest absolute Gasteiger partial charge is 0.414 e. The molecule has 0 atom stereocenters. The van der Waals surface area contributed by atoms with Crippen LogP contribution < -0.4 is 11.1 Å². The molecule has 0 aliphatic rings. The Bertz CT molecular complexity index is 267. The highest BCUT2D eigenvalue weighted by Gasteiger charge is 2.04. The molecule has 10 nitrogen and oxygen atoms in total. The van der Waals surface area contributed by atoms with Gasteiger partial charge in [-0.2, -0.15) is 0 Å². The summed E-state index contributed by atoms with van der Waals surface area (Å²) in [6.45, 7) is 0. The number of carboxylic acid groups (broad SMARTS) is 4. The summed E-state index contributed by atoms with van der Waals surface area (Å²) in [7, 11) is 1.68. The van der Waals surface area contributed by atoms with Gasteiger partial charge in [-0.1, -0.05) is 0 Å². The van der Waals surface area contributed by atoms with E-state index >= 15 is 0 Å². The van der Waals surface area contributed by atoms with Crippen LogP contribution in [0.15, 0.2) is 0 Å². The minimum atomic E-state index is -1.82. The average Bonchev–Trinajstić information content (AvgIpc) is 2.19. The van der Waals surface area contributed by atoms with Gasteiger partial charge < -0.3 is 31.5 Å². The lowest BCUT2D eigenvalue weighted by molar-refractivity contribution is -0.159. The average molecular weight is 270 g/mol. The van der Waals surface area contributed by atoms with Crippen molar-refractivity contribution < 1.29 is 39.6 Å². The molecule has 0 heterocycles. The molecule has 0 rings (SSSR count). The van der Waals surface area contributed by atoms with Crippen molar-refractivity contribution in [2.45, 2.75) is 0 Å². The van der Waals surface area contributed by atoms with Crippen LogP contribution in [-0.4, -0.2) is 56.5 Å². The summed E-state index contributed by atoms with van der Waals surface area (Å²) in [6, 6.07) is 0. The zero-order valence-corrected chi connectivity index (χ0v) is 9.22. The molecule has 0 aliphatic heterocycles. The fraction of sp³-hybridized carbons (Fsp3) is 0.167. The standard InChI is InChI=1S/C2H6N2S.2C2H2O4/c1-4-2(3)5;2*3-1(4)2(5)6/h1H3,(H3,3,4,5);2*(H,3,4)(H,5,6). The predicted molar refractivity (Wildman–Crippen MR) is 56.4 cm³/mol. The van der Waals surface area contributed by atoms with Gasteiger partial charge in [-0.05, 0) is 12.2 Å². The van der Waals surface area contributed by atoms with Crippen LogP contribution in [0.25, 0.3) is 0 Å². The zero-order chi connectivity index (χ0) is 14.6. The molecule has 7 N–H and O–H groups in total. The van der Waals surface area contributed by atoms with Crippen molar-refractivity contribution in [3.8, 4) is 0 Å². The molecule has 0 saturated heterocycles. The molecule has 0 amide bonds. The highest BCUT2D eigenvalue weighted by atomic mass is 32.1. The summed E-state index contributed by atoms with van der Waals surface area (Å²) in [5.74, 6) is -7.30. The van der Waals surface area contributed by atoms with E-state index in [2.05, 4.69) is 17.5 Å². The summed E-state index contributed by atoms with van der Waals surface area (Å²) in [4.78, 5) is 36.4. The molecule has 0 aromatic heterocycles. The van der Waals surface area contributed by atoms with E-state index < -0.39 is 23.9 Å². The van der Waals surface area contributed by atoms with E-state index in [4.69, 9.17) is 45.3 Å². The largest absolute Gasteiger partial charge is 0.473 e. The number of nitrogens with one attached hydrogen (secondary N) is 1. The van der Waals surface area contributed by atoms with Crippen molar-refractivity contribution in [3.05, 3.63) is 0 Å². The van der Waals surface area contributed by atoms with Gasteiger partial charge in [0.05, 0.1) is 0 Å². The van der Waals surface area contributed by atoms with Crippen molar-refractivity contribution in [1.29, 1.82) is 0 Å². The molecule has 0 aliphatic carbocycles. The Balaban J connectivity index is -0.000000174. The third kappa shape index (κ3) is 31.7. The highest BCUT2D eigenvalue weighted by Crippen LogP contribution is 1.56. The SMILES string of the molecule is CNC(N)=S.O=C(O)C(=O)O.O=C(O)C(=O)O. The highest BCUT2D eigenvalue weighted by molar-refractivity contribution is 7.80. The lowest BCUT2D eigenvalue weighted by Crippen LogP contribution is -2.24. The van der Waals surface area contributed by atoms with E-state index in [-0.39, 0.29) is 0 Å². The maximum absolute atomic E-state index is 9.10. The Hall–Kier alpha value is -2.43. The monoisotopic (exact) mass is 270 g/mol. The van der Waals surface area contributed by atoms with E-state index in [0.717, 1.165) is 0 Å². The summed E-state index contributed by atoms with van der Waals surface area (Å²) < 4.78 is 0. The summed E-state index contributed by atoms with van der Waals surface area (Å²) in [5, 5.41) is 32.4. The fourth-order valence-electron chi connectivity index (χ4n) is 0. The molecular formula is C6H10N2O8S. The molecule has 0 saturated carbocycles. The van der Waals surface area contributed by atoms with Gasteiger partial charge in [-0.3, -0.25) is 0 Å². The van der Waals surface area contributed by atoms with E-state index in [1.54, 1.807) is 7.05 Å². The van der Waals surface area contributed by atoms with E-state index in [1.807, 2.05) is 0 Å². The number of rotatable bonds is 0. The van der Waals surface area contributed by atoms with Crippen LogP contribution >= 0.6 is 12.2 Å². The number of aliphatic carboxylic acids is 4. The number of thiocarbonyl (C=S) groups is 1. The minimum absolute atomic E-state index is 0.338. The Morgan fingerprint density at radius 3 is 1.00 bits per heavy atom. The lowest BCUT2D eigenvalue weighted by atomic mass is 10.7. The first-order chi connectivity index (χ1) is 7.56. The van der Waals surface area contributed by atoms with Gasteiger partial charge >= 0.3 is 23.9 Å². The Kier molecular flexibility index (Phi) is 13.7.